The van der Waals surface area contributed by atoms with Gasteiger partial charge in [-0.1, -0.05) is 49.1 Å². The number of allylic oxidation sites excluding steroid dienone is 8. The van der Waals surface area contributed by atoms with Crippen LogP contribution in [0.2, 0.25) is 0 Å². The van der Waals surface area contributed by atoms with Gasteiger partial charge >= 0.3 is 0 Å². The highest BCUT2D eigenvalue weighted by Crippen LogP contribution is 2.04. The molecular formula is C13H17NO. The fourth-order valence-electron chi connectivity index (χ4n) is 0.907. The van der Waals surface area contributed by atoms with E-state index >= 15 is 0 Å². The number of hydrogen-bond donors (Lipinski definition) is 1. The number of rotatable bonds is 6. The molecule has 0 aliphatic carbocycles. The highest BCUT2D eigenvalue weighted by atomic mass is 16.1. The van der Waals surface area contributed by atoms with Gasteiger partial charge in [-0.05, 0) is 18.9 Å². The molecule has 0 rings (SSSR count). The van der Waals surface area contributed by atoms with E-state index in [1.165, 1.54) is 11.6 Å². The van der Waals surface area contributed by atoms with Crippen LogP contribution < -0.4 is 5.73 Å². The highest BCUT2D eigenvalue weighted by Gasteiger charge is 1.84. The van der Waals surface area contributed by atoms with E-state index in [-0.39, 0.29) is 0 Å². The van der Waals surface area contributed by atoms with E-state index in [0.717, 1.165) is 6.42 Å². The molecule has 1 amide bonds. The van der Waals surface area contributed by atoms with Crippen molar-refractivity contribution in [3.8, 4) is 0 Å². The van der Waals surface area contributed by atoms with Gasteiger partial charge in [0, 0.05) is 6.08 Å². The fraction of sp³-hybridized carbons (Fsp3) is 0.154. The molecule has 0 saturated heterocycles. The summed E-state index contributed by atoms with van der Waals surface area (Å²) in [6, 6.07) is 0. The fourth-order valence-corrected chi connectivity index (χ4v) is 0.907. The Kier molecular flexibility index (Phi) is 7.69. The van der Waals surface area contributed by atoms with Crippen molar-refractivity contribution >= 4 is 5.91 Å². The maximum Gasteiger partial charge on any atom is 0.241 e. The molecule has 2 nitrogen and oxygen atoms in total. The lowest BCUT2D eigenvalue weighted by atomic mass is 10.1. The second-order valence-electron chi connectivity index (χ2n) is 2.85. The molecule has 0 saturated carbocycles. The van der Waals surface area contributed by atoms with Crippen LogP contribution >= 0.6 is 0 Å². The number of primary amides is 1. The van der Waals surface area contributed by atoms with E-state index in [2.05, 4.69) is 6.58 Å². The van der Waals surface area contributed by atoms with Gasteiger partial charge in [-0.15, -0.1) is 0 Å². The first-order valence-electron chi connectivity index (χ1n) is 4.77. The van der Waals surface area contributed by atoms with Crippen molar-refractivity contribution in [2.24, 2.45) is 5.73 Å². The molecule has 0 aliphatic heterocycles. The third-order valence-corrected chi connectivity index (χ3v) is 1.68. The zero-order valence-corrected chi connectivity index (χ0v) is 9.02. The van der Waals surface area contributed by atoms with Crippen molar-refractivity contribution < 1.29 is 4.79 Å². The van der Waals surface area contributed by atoms with E-state index in [4.69, 9.17) is 5.73 Å². The average Bonchev–Trinajstić information content (AvgIpc) is 2.21. The number of amides is 1. The molecule has 0 fully saturated rings. The minimum absolute atomic E-state index is 0.433. The van der Waals surface area contributed by atoms with Crippen molar-refractivity contribution in [2.45, 2.75) is 13.3 Å². The molecule has 0 bridgehead atoms. The molecule has 0 spiro atoms. The Morgan fingerprint density at radius 1 is 1.27 bits per heavy atom. The highest BCUT2D eigenvalue weighted by molar-refractivity contribution is 5.85. The SMILES string of the molecule is C=C/C=C\C(=CC)C/C=C\C=C/C(N)=O. The lowest BCUT2D eigenvalue weighted by Crippen LogP contribution is -2.04. The molecule has 0 aliphatic rings. The number of nitrogens with two attached hydrogens (primary N) is 1. The van der Waals surface area contributed by atoms with Gasteiger partial charge in [-0.2, -0.15) is 0 Å². The minimum atomic E-state index is -0.433. The maximum atomic E-state index is 10.4. The Bertz CT molecular complexity index is 319. The Labute approximate surface area is 91.2 Å². The minimum Gasteiger partial charge on any atom is -0.366 e. The smallest absolute Gasteiger partial charge is 0.241 e. The quantitative estimate of drug-likeness (QED) is 0.523. The summed E-state index contributed by atoms with van der Waals surface area (Å²) in [5, 5.41) is 0. The molecule has 0 atom stereocenters. The number of carbonyl (C=O) groups excluding carboxylic acids is 1. The molecule has 0 heterocycles. The summed E-state index contributed by atoms with van der Waals surface area (Å²) in [7, 11) is 0. The molecule has 0 unspecified atom stereocenters. The molecular weight excluding hydrogens is 186 g/mol. The van der Waals surface area contributed by atoms with Gasteiger partial charge < -0.3 is 5.73 Å². The van der Waals surface area contributed by atoms with Gasteiger partial charge in [0.05, 0.1) is 0 Å². The molecule has 2 heteroatoms. The summed E-state index contributed by atoms with van der Waals surface area (Å²) in [4.78, 5) is 10.4. The summed E-state index contributed by atoms with van der Waals surface area (Å²) >= 11 is 0. The van der Waals surface area contributed by atoms with E-state index in [0.29, 0.717) is 0 Å². The third kappa shape index (κ3) is 8.50. The van der Waals surface area contributed by atoms with Crippen molar-refractivity contribution in [1.29, 1.82) is 0 Å². The lowest BCUT2D eigenvalue weighted by molar-refractivity contribution is -0.113. The van der Waals surface area contributed by atoms with Gasteiger partial charge in [-0.25, -0.2) is 0 Å². The maximum absolute atomic E-state index is 10.4. The third-order valence-electron chi connectivity index (χ3n) is 1.68. The molecule has 0 radical (unpaired) electrons. The Morgan fingerprint density at radius 2 is 2.00 bits per heavy atom. The van der Waals surface area contributed by atoms with Crippen LogP contribution in [0.25, 0.3) is 0 Å². The molecule has 15 heavy (non-hydrogen) atoms. The number of carbonyl (C=O) groups is 1. The Balaban J connectivity index is 4.07. The Morgan fingerprint density at radius 3 is 2.53 bits per heavy atom. The van der Waals surface area contributed by atoms with Crippen molar-refractivity contribution in [3.63, 3.8) is 0 Å². The van der Waals surface area contributed by atoms with Crippen molar-refractivity contribution in [1.82, 2.24) is 0 Å². The van der Waals surface area contributed by atoms with Crippen LogP contribution in [0.5, 0.6) is 0 Å². The predicted octanol–water partition coefficient (Wildman–Crippen LogP) is 2.66. The van der Waals surface area contributed by atoms with E-state index in [9.17, 15) is 4.79 Å². The van der Waals surface area contributed by atoms with Gasteiger partial charge in [0.25, 0.3) is 0 Å². The molecule has 80 valence electrons. The van der Waals surface area contributed by atoms with E-state index < -0.39 is 5.91 Å². The molecule has 0 aromatic rings. The van der Waals surface area contributed by atoms with Crippen LogP contribution in [-0.2, 0) is 4.79 Å². The van der Waals surface area contributed by atoms with Crippen LogP contribution in [0.1, 0.15) is 13.3 Å². The first kappa shape index (κ1) is 13.2. The first-order valence-corrected chi connectivity index (χ1v) is 4.77. The van der Waals surface area contributed by atoms with Gasteiger partial charge in [0.2, 0.25) is 5.91 Å². The van der Waals surface area contributed by atoms with E-state index in [1.807, 2.05) is 31.2 Å². The molecule has 2 N–H and O–H groups in total. The van der Waals surface area contributed by atoms with Crippen LogP contribution in [0.3, 0.4) is 0 Å². The van der Waals surface area contributed by atoms with Gasteiger partial charge in [-0.3, -0.25) is 4.79 Å². The topological polar surface area (TPSA) is 43.1 Å². The standard InChI is InChI=1S/C13H17NO/c1-3-5-9-12(4-2)10-7-6-8-11-13(14)15/h3-9,11H,1,10H2,2H3,(H2,14,15)/b7-6-,9-5-,11-8-,12-4?. The number of hydrogen-bond acceptors (Lipinski definition) is 1. The Hall–Kier alpha value is -1.83. The lowest BCUT2D eigenvalue weighted by Gasteiger charge is -1.93. The average molecular weight is 203 g/mol. The van der Waals surface area contributed by atoms with Crippen LogP contribution in [0.4, 0.5) is 0 Å². The normalized spacial score (nSPS) is 13.0. The van der Waals surface area contributed by atoms with E-state index in [1.54, 1.807) is 18.2 Å². The van der Waals surface area contributed by atoms with Crippen molar-refractivity contribution in [2.75, 3.05) is 0 Å². The second kappa shape index (κ2) is 8.75. The molecule has 0 aromatic carbocycles. The largest absolute Gasteiger partial charge is 0.366 e. The van der Waals surface area contributed by atoms with Crippen LogP contribution in [0, 0.1) is 0 Å². The zero-order valence-electron chi connectivity index (χ0n) is 9.02. The molecule has 0 aromatic heterocycles. The summed E-state index contributed by atoms with van der Waals surface area (Å²) in [6.07, 6.45) is 15.2. The summed E-state index contributed by atoms with van der Waals surface area (Å²) in [5.41, 5.74) is 6.13. The monoisotopic (exact) mass is 203 g/mol. The summed E-state index contributed by atoms with van der Waals surface area (Å²) in [6.45, 7) is 5.58. The second-order valence-corrected chi connectivity index (χ2v) is 2.85. The van der Waals surface area contributed by atoms with Crippen molar-refractivity contribution in [3.05, 3.63) is 60.8 Å². The summed E-state index contributed by atoms with van der Waals surface area (Å²) < 4.78 is 0. The van der Waals surface area contributed by atoms with Crippen LogP contribution in [0.15, 0.2) is 60.8 Å². The summed E-state index contributed by atoms with van der Waals surface area (Å²) in [5.74, 6) is -0.433. The first-order chi connectivity index (χ1) is 7.20. The predicted molar refractivity (Wildman–Crippen MR) is 65.2 cm³/mol. The van der Waals surface area contributed by atoms with Gasteiger partial charge in [0.1, 0.15) is 0 Å². The van der Waals surface area contributed by atoms with Gasteiger partial charge in [0.15, 0.2) is 0 Å². The van der Waals surface area contributed by atoms with Crippen LogP contribution in [-0.4, -0.2) is 5.91 Å². The zero-order chi connectivity index (χ0) is 11.5.